The van der Waals surface area contributed by atoms with Gasteiger partial charge in [-0.05, 0) is 35.7 Å². The number of benzene rings is 2. The molecule has 0 saturated carbocycles. The molecule has 0 radical (unpaired) electrons. The number of hydrogen-bond donors (Lipinski definition) is 2. The van der Waals surface area contributed by atoms with E-state index in [1.54, 1.807) is 6.07 Å². The molecule has 6 heteroatoms. The number of aromatic carboxylic acids is 1. The first-order valence-corrected chi connectivity index (χ1v) is 8.36. The Morgan fingerprint density at radius 3 is 2.50 bits per heavy atom. The van der Waals surface area contributed by atoms with Crippen LogP contribution in [0.25, 0.3) is 0 Å². The van der Waals surface area contributed by atoms with Gasteiger partial charge in [0.05, 0.1) is 18.8 Å². The predicted octanol–water partition coefficient (Wildman–Crippen LogP) is 3.47. The van der Waals surface area contributed by atoms with Gasteiger partial charge in [-0.2, -0.15) is 0 Å². The molecule has 0 bridgehead atoms. The van der Waals surface area contributed by atoms with Crippen LogP contribution in [0, 0.1) is 0 Å². The van der Waals surface area contributed by atoms with Gasteiger partial charge in [0.15, 0.2) is 0 Å². The zero-order valence-electron chi connectivity index (χ0n) is 14.7. The molecule has 0 heterocycles. The van der Waals surface area contributed by atoms with Crippen LogP contribution in [-0.2, 0) is 27.5 Å². The van der Waals surface area contributed by atoms with Crippen molar-refractivity contribution in [3.05, 3.63) is 65.2 Å². The molecule has 26 heavy (non-hydrogen) atoms. The van der Waals surface area contributed by atoms with E-state index < -0.39 is 5.97 Å². The van der Waals surface area contributed by atoms with Gasteiger partial charge in [-0.1, -0.05) is 30.3 Å². The van der Waals surface area contributed by atoms with Gasteiger partial charge >= 0.3 is 5.97 Å². The summed E-state index contributed by atoms with van der Waals surface area (Å²) in [6.07, 6.45) is 0.883. The summed E-state index contributed by atoms with van der Waals surface area (Å²) in [5.41, 5.74) is 2.34. The van der Waals surface area contributed by atoms with E-state index in [2.05, 4.69) is 5.32 Å². The molecule has 1 amide bonds. The number of carbonyl (C=O) groups excluding carboxylic acids is 1. The number of rotatable bonds is 10. The van der Waals surface area contributed by atoms with Crippen LogP contribution in [0.1, 0.15) is 34.3 Å². The lowest BCUT2D eigenvalue weighted by molar-refractivity contribution is -0.116. The van der Waals surface area contributed by atoms with Gasteiger partial charge in [0, 0.05) is 25.8 Å². The molecule has 2 aromatic rings. The summed E-state index contributed by atoms with van der Waals surface area (Å²) in [6.45, 7) is 1.27. The van der Waals surface area contributed by atoms with Crippen LogP contribution in [0.2, 0.25) is 0 Å². The molecule has 0 aliphatic heterocycles. The average Bonchev–Trinajstić information content (AvgIpc) is 2.62. The Morgan fingerprint density at radius 2 is 1.81 bits per heavy atom. The van der Waals surface area contributed by atoms with Gasteiger partial charge < -0.3 is 19.9 Å². The summed E-state index contributed by atoms with van der Waals surface area (Å²) >= 11 is 0. The van der Waals surface area contributed by atoms with E-state index in [0.717, 1.165) is 5.56 Å². The van der Waals surface area contributed by atoms with E-state index in [0.29, 0.717) is 37.3 Å². The third kappa shape index (κ3) is 6.66. The van der Waals surface area contributed by atoms with E-state index in [4.69, 9.17) is 14.6 Å². The molecule has 0 aliphatic rings. The fourth-order valence-corrected chi connectivity index (χ4v) is 2.46. The lowest BCUT2D eigenvalue weighted by atomic mass is 10.1. The third-order valence-corrected chi connectivity index (χ3v) is 3.64. The number of amides is 1. The molecule has 0 atom stereocenters. The molecular formula is C20H23NO5. The first-order valence-electron chi connectivity index (χ1n) is 8.36. The number of carboxylic acid groups (broad SMARTS) is 1. The molecule has 2 rings (SSSR count). The first kappa shape index (κ1) is 19.6. The second kappa shape index (κ2) is 10.3. The first-order chi connectivity index (χ1) is 12.6. The van der Waals surface area contributed by atoms with Crippen LogP contribution in [0.4, 0.5) is 5.69 Å². The number of carboxylic acids is 1. The van der Waals surface area contributed by atoms with Crippen molar-refractivity contribution in [2.45, 2.75) is 26.1 Å². The molecule has 0 spiro atoms. The maximum Gasteiger partial charge on any atom is 0.335 e. The molecule has 0 aliphatic carbocycles. The SMILES string of the molecule is COCc1cc(NC(=O)CCCOCc2ccccc2)cc(C(=O)O)c1. The number of anilines is 1. The van der Waals surface area contributed by atoms with Crippen molar-refractivity contribution in [1.82, 2.24) is 0 Å². The molecule has 2 aromatic carbocycles. The molecule has 0 aromatic heterocycles. The standard InChI is InChI=1S/C20H23NO5/c1-25-13-16-10-17(20(23)24)12-18(11-16)21-19(22)8-5-9-26-14-15-6-3-2-4-7-15/h2-4,6-7,10-12H,5,8-9,13-14H2,1H3,(H,21,22)(H,23,24). The van der Waals surface area contributed by atoms with Crippen LogP contribution >= 0.6 is 0 Å². The monoisotopic (exact) mass is 357 g/mol. The number of nitrogens with one attached hydrogen (secondary N) is 1. The molecule has 6 nitrogen and oxygen atoms in total. The number of carbonyl (C=O) groups is 2. The normalized spacial score (nSPS) is 10.5. The fraction of sp³-hybridized carbons (Fsp3) is 0.300. The van der Waals surface area contributed by atoms with Crippen LogP contribution in [0.3, 0.4) is 0 Å². The fourth-order valence-electron chi connectivity index (χ4n) is 2.46. The zero-order valence-corrected chi connectivity index (χ0v) is 14.7. The Balaban J connectivity index is 1.78. The minimum Gasteiger partial charge on any atom is -0.478 e. The Hall–Kier alpha value is -2.70. The highest BCUT2D eigenvalue weighted by Gasteiger charge is 2.09. The van der Waals surface area contributed by atoms with Crippen molar-refractivity contribution in [2.75, 3.05) is 19.0 Å². The molecule has 2 N–H and O–H groups in total. The molecule has 0 saturated heterocycles. The van der Waals surface area contributed by atoms with Gasteiger partial charge in [-0.25, -0.2) is 4.79 Å². The van der Waals surface area contributed by atoms with Gasteiger partial charge in [-0.3, -0.25) is 4.79 Å². The molecule has 0 fully saturated rings. The summed E-state index contributed by atoms with van der Waals surface area (Å²) in [6, 6.07) is 14.5. The smallest absolute Gasteiger partial charge is 0.335 e. The van der Waals surface area contributed by atoms with Crippen molar-refractivity contribution >= 4 is 17.6 Å². The Labute approximate surface area is 152 Å². The van der Waals surface area contributed by atoms with Gasteiger partial charge in [0.25, 0.3) is 0 Å². The minimum absolute atomic E-state index is 0.112. The maximum atomic E-state index is 12.1. The number of methoxy groups -OCH3 is 1. The van der Waals surface area contributed by atoms with Crippen molar-refractivity contribution < 1.29 is 24.2 Å². The molecule has 0 unspecified atom stereocenters. The van der Waals surface area contributed by atoms with Crippen LogP contribution in [-0.4, -0.2) is 30.7 Å². The lowest BCUT2D eigenvalue weighted by Crippen LogP contribution is -2.13. The van der Waals surface area contributed by atoms with Crippen molar-refractivity contribution in [3.63, 3.8) is 0 Å². The van der Waals surface area contributed by atoms with E-state index in [-0.39, 0.29) is 18.1 Å². The lowest BCUT2D eigenvalue weighted by Gasteiger charge is -2.09. The van der Waals surface area contributed by atoms with Crippen molar-refractivity contribution in [3.8, 4) is 0 Å². The largest absolute Gasteiger partial charge is 0.478 e. The Bertz CT molecular complexity index is 730. The second-order valence-corrected chi connectivity index (χ2v) is 5.85. The quantitative estimate of drug-likeness (QED) is 0.636. The molecular weight excluding hydrogens is 334 g/mol. The highest BCUT2D eigenvalue weighted by atomic mass is 16.5. The highest BCUT2D eigenvalue weighted by Crippen LogP contribution is 2.16. The topological polar surface area (TPSA) is 84.9 Å². The van der Waals surface area contributed by atoms with E-state index in [1.807, 2.05) is 30.3 Å². The predicted molar refractivity (Wildman–Crippen MR) is 98.1 cm³/mol. The minimum atomic E-state index is -1.05. The second-order valence-electron chi connectivity index (χ2n) is 5.85. The van der Waals surface area contributed by atoms with Crippen LogP contribution in [0.5, 0.6) is 0 Å². The van der Waals surface area contributed by atoms with Gasteiger partial charge in [-0.15, -0.1) is 0 Å². The van der Waals surface area contributed by atoms with E-state index in [1.165, 1.54) is 19.2 Å². The Kier molecular flexibility index (Phi) is 7.79. The summed E-state index contributed by atoms with van der Waals surface area (Å²) in [4.78, 5) is 23.2. The van der Waals surface area contributed by atoms with Gasteiger partial charge in [0.2, 0.25) is 5.91 Å². The van der Waals surface area contributed by atoms with Crippen molar-refractivity contribution in [1.29, 1.82) is 0 Å². The van der Waals surface area contributed by atoms with Crippen molar-refractivity contribution in [2.24, 2.45) is 0 Å². The van der Waals surface area contributed by atoms with Crippen LogP contribution in [0.15, 0.2) is 48.5 Å². The van der Waals surface area contributed by atoms with E-state index in [9.17, 15) is 9.59 Å². The maximum absolute atomic E-state index is 12.1. The summed E-state index contributed by atoms with van der Waals surface area (Å²) in [7, 11) is 1.53. The van der Waals surface area contributed by atoms with E-state index >= 15 is 0 Å². The van der Waals surface area contributed by atoms with Gasteiger partial charge in [0.1, 0.15) is 0 Å². The summed E-state index contributed by atoms with van der Waals surface area (Å²) in [5.74, 6) is -1.23. The average molecular weight is 357 g/mol. The highest BCUT2D eigenvalue weighted by molar-refractivity contribution is 5.94. The molecule has 138 valence electrons. The number of ether oxygens (including phenoxy) is 2. The Morgan fingerprint density at radius 1 is 1.04 bits per heavy atom. The van der Waals surface area contributed by atoms with Crippen LogP contribution < -0.4 is 5.32 Å². The summed E-state index contributed by atoms with van der Waals surface area (Å²) in [5, 5.41) is 11.9. The zero-order chi connectivity index (χ0) is 18.8. The summed E-state index contributed by atoms with van der Waals surface area (Å²) < 4.78 is 10.6. The third-order valence-electron chi connectivity index (χ3n) is 3.64. The number of hydrogen-bond acceptors (Lipinski definition) is 4.